The van der Waals surface area contributed by atoms with Gasteiger partial charge in [-0.3, -0.25) is 4.79 Å². The van der Waals surface area contributed by atoms with Crippen LogP contribution in [0.1, 0.15) is 43.1 Å². The Kier molecular flexibility index (Phi) is 7.30. The maximum absolute atomic E-state index is 14.3. The summed E-state index contributed by atoms with van der Waals surface area (Å²) in [5, 5.41) is 0. The van der Waals surface area contributed by atoms with Crippen LogP contribution >= 0.6 is 0 Å². The van der Waals surface area contributed by atoms with Crippen molar-refractivity contribution in [3.8, 4) is 0 Å². The first-order valence-electron chi connectivity index (χ1n) is 10.6. The lowest BCUT2D eigenvalue weighted by molar-refractivity contribution is -0.126. The van der Waals surface area contributed by atoms with Gasteiger partial charge >= 0.3 is 5.97 Å². The minimum absolute atomic E-state index is 0.143. The molecule has 32 heavy (non-hydrogen) atoms. The van der Waals surface area contributed by atoms with Crippen molar-refractivity contribution in [1.82, 2.24) is 4.31 Å². The Morgan fingerprint density at radius 3 is 2.53 bits per heavy atom. The van der Waals surface area contributed by atoms with Gasteiger partial charge in [0.15, 0.2) is 6.10 Å². The Balaban J connectivity index is 1.80. The molecule has 0 aromatic heterocycles. The van der Waals surface area contributed by atoms with Gasteiger partial charge in [-0.1, -0.05) is 32.0 Å². The number of para-hydroxylation sites is 1. The van der Waals surface area contributed by atoms with E-state index in [0.29, 0.717) is 6.54 Å². The standard InChI is InChI=1S/C23H27FN2O5S/c1-4-25(5-2)32(29,30)21-15-18(12-13-19(21)24)23(28)31-16(3)22(27)26-14-8-10-17-9-6-7-11-20(17)26/h6-7,9,11-13,15-16H,4-5,8,10,14H2,1-3H3. The highest BCUT2D eigenvalue weighted by molar-refractivity contribution is 7.89. The van der Waals surface area contributed by atoms with E-state index in [1.165, 1.54) is 6.92 Å². The van der Waals surface area contributed by atoms with E-state index in [1.54, 1.807) is 18.7 Å². The van der Waals surface area contributed by atoms with Gasteiger partial charge in [0.05, 0.1) is 5.56 Å². The number of carbonyl (C=O) groups excluding carboxylic acids is 2. The average Bonchev–Trinajstić information content (AvgIpc) is 2.78. The van der Waals surface area contributed by atoms with E-state index < -0.39 is 32.8 Å². The molecule has 0 fully saturated rings. The number of benzene rings is 2. The molecule has 1 atom stereocenters. The summed E-state index contributed by atoms with van der Waals surface area (Å²) < 4.78 is 46.2. The predicted octanol–water partition coefficient (Wildman–Crippen LogP) is 3.38. The molecule has 0 saturated heterocycles. The van der Waals surface area contributed by atoms with Gasteiger partial charge < -0.3 is 9.64 Å². The molecule has 1 aliphatic rings. The van der Waals surface area contributed by atoms with Crippen LogP contribution in [0.25, 0.3) is 0 Å². The van der Waals surface area contributed by atoms with Crippen LogP contribution in [0.15, 0.2) is 47.4 Å². The van der Waals surface area contributed by atoms with E-state index in [0.717, 1.165) is 46.6 Å². The normalized spacial score (nSPS) is 14.7. The quantitative estimate of drug-likeness (QED) is 0.589. The number of aryl methyl sites for hydroxylation is 1. The molecule has 2 aromatic rings. The summed E-state index contributed by atoms with van der Waals surface area (Å²) in [6.45, 7) is 5.59. The van der Waals surface area contributed by atoms with E-state index in [-0.39, 0.29) is 24.6 Å². The highest BCUT2D eigenvalue weighted by atomic mass is 32.2. The molecule has 2 aromatic carbocycles. The number of nitrogens with zero attached hydrogens (tertiary/aromatic N) is 2. The molecule has 0 saturated carbocycles. The van der Waals surface area contributed by atoms with E-state index >= 15 is 0 Å². The Hall–Kier alpha value is -2.78. The van der Waals surface area contributed by atoms with Crippen LogP contribution in [0.3, 0.4) is 0 Å². The zero-order valence-corrected chi connectivity index (χ0v) is 19.2. The van der Waals surface area contributed by atoms with Crippen molar-refractivity contribution in [2.45, 2.75) is 44.6 Å². The van der Waals surface area contributed by atoms with Gasteiger partial charge in [0.1, 0.15) is 10.7 Å². The molecule has 0 aliphatic carbocycles. The second-order valence-corrected chi connectivity index (χ2v) is 9.41. The van der Waals surface area contributed by atoms with Crippen molar-refractivity contribution in [3.05, 3.63) is 59.4 Å². The fraction of sp³-hybridized carbons (Fsp3) is 0.391. The number of amides is 1. The lowest BCUT2D eigenvalue weighted by Crippen LogP contribution is -2.42. The Bertz CT molecular complexity index is 1120. The minimum Gasteiger partial charge on any atom is -0.449 e. The molecule has 9 heteroatoms. The molecule has 3 rings (SSSR count). The van der Waals surface area contributed by atoms with E-state index in [1.807, 2.05) is 24.3 Å². The van der Waals surface area contributed by atoms with E-state index in [2.05, 4.69) is 0 Å². The predicted molar refractivity (Wildman–Crippen MR) is 119 cm³/mol. The number of anilines is 1. The maximum atomic E-state index is 14.3. The van der Waals surface area contributed by atoms with Crippen molar-refractivity contribution in [2.24, 2.45) is 0 Å². The number of sulfonamides is 1. The number of rotatable bonds is 7. The molecular formula is C23H27FN2O5S. The molecule has 1 aliphatic heterocycles. The average molecular weight is 463 g/mol. The van der Waals surface area contributed by atoms with Gasteiger partial charge in [0.2, 0.25) is 10.0 Å². The summed E-state index contributed by atoms with van der Waals surface area (Å²) in [6, 6.07) is 10.6. The topological polar surface area (TPSA) is 84.0 Å². The molecule has 1 heterocycles. The molecule has 1 amide bonds. The van der Waals surface area contributed by atoms with Crippen molar-refractivity contribution in [2.75, 3.05) is 24.5 Å². The number of ether oxygens (including phenoxy) is 1. The smallest absolute Gasteiger partial charge is 0.338 e. The summed E-state index contributed by atoms with van der Waals surface area (Å²) in [4.78, 5) is 26.6. The highest BCUT2D eigenvalue weighted by Gasteiger charge is 2.30. The zero-order valence-electron chi connectivity index (χ0n) is 18.4. The minimum atomic E-state index is -4.11. The molecule has 0 bridgehead atoms. The second kappa shape index (κ2) is 9.79. The first-order valence-corrected chi connectivity index (χ1v) is 12.0. The zero-order chi connectivity index (χ0) is 23.5. The Morgan fingerprint density at radius 1 is 1.16 bits per heavy atom. The fourth-order valence-electron chi connectivity index (χ4n) is 3.79. The molecule has 0 N–H and O–H groups in total. The largest absolute Gasteiger partial charge is 0.449 e. The van der Waals surface area contributed by atoms with Crippen molar-refractivity contribution >= 4 is 27.6 Å². The first-order chi connectivity index (χ1) is 15.2. The van der Waals surface area contributed by atoms with Crippen LogP contribution in [0, 0.1) is 5.82 Å². The first kappa shape index (κ1) is 23.9. The van der Waals surface area contributed by atoms with Crippen LogP contribution in [0.4, 0.5) is 10.1 Å². The number of hydrogen-bond donors (Lipinski definition) is 0. The maximum Gasteiger partial charge on any atom is 0.338 e. The molecule has 0 spiro atoms. The number of fused-ring (bicyclic) bond motifs is 1. The van der Waals surface area contributed by atoms with Crippen molar-refractivity contribution in [1.29, 1.82) is 0 Å². The number of halogens is 1. The molecule has 1 unspecified atom stereocenters. The Labute approximate surface area is 187 Å². The van der Waals surface area contributed by atoms with E-state index in [4.69, 9.17) is 4.74 Å². The molecule has 7 nitrogen and oxygen atoms in total. The Morgan fingerprint density at radius 2 is 1.84 bits per heavy atom. The van der Waals surface area contributed by atoms with Crippen LogP contribution in [-0.4, -0.2) is 50.3 Å². The third kappa shape index (κ3) is 4.68. The van der Waals surface area contributed by atoms with Gasteiger partial charge in [0, 0.05) is 25.3 Å². The number of carbonyl (C=O) groups is 2. The summed E-state index contributed by atoms with van der Waals surface area (Å²) in [7, 11) is -4.11. The monoisotopic (exact) mass is 462 g/mol. The van der Waals surface area contributed by atoms with Gasteiger partial charge in [0.25, 0.3) is 5.91 Å². The van der Waals surface area contributed by atoms with Gasteiger partial charge in [-0.15, -0.1) is 0 Å². The fourth-order valence-corrected chi connectivity index (χ4v) is 5.34. The van der Waals surface area contributed by atoms with Crippen LogP contribution in [0.2, 0.25) is 0 Å². The summed E-state index contributed by atoms with van der Waals surface area (Å²) >= 11 is 0. The van der Waals surface area contributed by atoms with Gasteiger partial charge in [-0.25, -0.2) is 17.6 Å². The van der Waals surface area contributed by atoms with E-state index in [9.17, 15) is 22.4 Å². The number of esters is 1. The van der Waals surface area contributed by atoms with Crippen LogP contribution < -0.4 is 4.90 Å². The third-order valence-electron chi connectivity index (χ3n) is 5.50. The summed E-state index contributed by atoms with van der Waals surface area (Å²) in [5.74, 6) is -2.22. The third-order valence-corrected chi connectivity index (χ3v) is 7.56. The SMILES string of the molecule is CCN(CC)S(=O)(=O)c1cc(C(=O)OC(C)C(=O)N2CCCc3ccccc32)ccc1F. The molecule has 172 valence electrons. The summed E-state index contributed by atoms with van der Waals surface area (Å²) in [6.07, 6.45) is 0.572. The molecule has 0 radical (unpaired) electrons. The highest BCUT2D eigenvalue weighted by Crippen LogP contribution is 2.28. The van der Waals surface area contributed by atoms with Crippen LogP contribution in [-0.2, 0) is 26.0 Å². The number of hydrogen-bond acceptors (Lipinski definition) is 5. The van der Waals surface area contributed by atoms with Crippen molar-refractivity contribution < 1.29 is 27.1 Å². The lowest BCUT2D eigenvalue weighted by atomic mass is 10.0. The summed E-state index contributed by atoms with van der Waals surface area (Å²) in [5.41, 5.74) is 1.70. The van der Waals surface area contributed by atoms with Gasteiger partial charge in [-0.2, -0.15) is 4.31 Å². The second-order valence-electron chi connectivity index (χ2n) is 7.50. The van der Waals surface area contributed by atoms with Crippen molar-refractivity contribution in [3.63, 3.8) is 0 Å². The molecular weight excluding hydrogens is 435 g/mol. The van der Waals surface area contributed by atoms with Crippen LogP contribution in [0.5, 0.6) is 0 Å². The van der Waals surface area contributed by atoms with Gasteiger partial charge in [-0.05, 0) is 49.6 Å². The lowest BCUT2D eigenvalue weighted by Gasteiger charge is -2.31.